The molecular formula is C20H23ClN2O. The Morgan fingerprint density at radius 2 is 2.00 bits per heavy atom. The summed E-state index contributed by atoms with van der Waals surface area (Å²) in [6.07, 6.45) is 1.97. The van der Waals surface area contributed by atoms with E-state index >= 15 is 0 Å². The van der Waals surface area contributed by atoms with E-state index < -0.39 is 0 Å². The maximum Gasteiger partial charge on any atom is 0.0940 e. The van der Waals surface area contributed by atoms with Gasteiger partial charge in [-0.15, -0.1) is 0 Å². The number of nitrogens with two attached hydrogens (primary N) is 1. The lowest BCUT2D eigenvalue weighted by molar-refractivity contribution is -0.870. The highest BCUT2D eigenvalue weighted by molar-refractivity contribution is 6.30. The third kappa shape index (κ3) is 3.22. The van der Waals surface area contributed by atoms with Crippen LogP contribution in [0, 0.1) is 11.1 Å². The molecule has 2 N–H and O–H groups in total. The van der Waals surface area contributed by atoms with Crippen molar-refractivity contribution in [2.45, 2.75) is 24.8 Å². The van der Waals surface area contributed by atoms with E-state index in [0.29, 0.717) is 31.5 Å². The Hall–Kier alpha value is -1.39. The van der Waals surface area contributed by atoms with Crippen molar-refractivity contribution in [1.29, 1.82) is 0 Å². The van der Waals surface area contributed by atoms with Crippen molar-refractivity contribution in [3.63, 3.8) is 0 Å². The second kappa shape index (κ2) is 6.16. The number of halogens is 1. The summed E-state index contributed by atoms with van der Waals surface area (Å²) in [4.78, 5) is 0. The van der Waals surface area contributed by atoms with E-state index in [1.54, 1.807) is 0 Å². The van der Waals surface area contributed by atoms with Gasteiger partial charge in [0, 0.05) is 17.4 Å². The summed E-state index contributed by atoms with van der Waals surface area (Å²) < 4.78 is -0.0956. The summed E-state index contributed by atoms with van der Waals surface area (Å²) >= 11 is 6.16. The molecule has 0 spiro atoms. The molecule has 24 heavy (non-hydrogen) atoms. The molecule has 0 aromatic heterocycles. The van der Waals surface area contributed by atoms with E-state index in [2.05, 4.69) is 30.3 Å². The van der Waals surface area contributed by atoms with Crippen LogP contribution in [0.15, 0.2) is 48.5 Å². The molecule has 2 aromatic rings. The van der Waals surface area contributed by atoms with Crippen molar-refractivity contribution < 1.29 is 4.65 Å². The summed E-state index contributed by atoms with van der Waals surface area (Å²) in [5.41, 5.74) is 9.68. The van der Waals surface area contributed by atoms with Gasteiger partial charge in [0.15, 0.2) is 0 Å². The molecule has 3 nitrogen and oxygen atoms in total. The van der Waals surface area contributed by atoms with Gasteiger partial charge in [0.1, 0.15) is 0 Å². The largest absolute Gasteiger partial charge is 0.633 e. The third-order valence-electron chi connectivity index (χ3n) is 5.46. The summed E-state index contributed by atoms with van der Waals surface area (Å²) in [5, 5.41) is 13.5. The monoisotopic (exact) mass is 342 g/mol. The van der Waals surface area contributed by atoms with Gasteiger partial charge in [0.05, 0.1) is 25.7 Å². The number of hydroxylamine groups is 3. The number of likely N-dealkylation sites (tertiary alicyclic amines) is 1. The second-order valence-electron chi connectivity index (χ2n) is 7.40. The van der Waals surface area contributed by atoms with Gasteiger partial charge in [0.25, 0.3) is 0 Å². The van der Waals surface area contributed by atoms with Crippen molar-refractivity contribution in [2.75, 3.05) is 19.6 Å². The third-order valence-corrected chi connectivity index (χ3v) is 5.70. The fraction of sp³-hybridized carbons (Fsp3) is 0.400. The molecule has 4 heteroatoms. The summed E-state index contributed by atoms with van der Waals surface area (Å²) in [5.74, 6) is 0.967. The lowest BCUT2D eigenvalue weighted by atomic mass is 9.96. The van der Waals surface area contributed by atoms with Gasteiger partial charge in [-0.25, -0.2) is 0 Å². The first kappa shape index (κ1) is 16.1. The van der Waals surface area contributed by atoms with E-state index in [9.17, 15) is 5.21 Å². The molecule has 1 saturated carbocycles. The first-order chi connectivity index (χ1) is 11.5. The van der Waals surface area contributed by atoms with Gasteiger partial charge >= 0.3 is 0 Å². The molecule has 0 amide bonds. The first-order valence-electron chi connectivity index (χ1n) is 8.72. The SMILES string of the molecule is NC1CC[N+]([O-])(CC2CC2c2ccccc2-c2cccc(Cl)c2)C1. The predicted octanol–water partition coefficient (Wildman–Crippen LogP) is 4.16. The maximum atomic E-state index is 12.8. The standard InChI is InChI=1S/C20H23ClN2O/c21-16-5-3-4-14(10-16)18-6-1-2-7-19(18)20-11-15(20)12-23(24)9-8-17(22)13-23/h1-7,10,15,17,20H,8-9,11-13,22H2. The summed E-state index contributed by atoms with van der Waals surface area (Å²) in [6, 6.07) is 16.6. The molecule has 4 atom stereocenters. The first-order valence-corrected chi connectivity index (χ1v) is 9.09. The molecule has 0 radical (unpaired) electrons. The molecule has 1 aliphatic carbocycles. The Morgan fingerprint density at radius 3 is 2.75 bits per heavy atom. The molecule has 2 aromatic carbocycles. The van der Waals surface area contributed by atoms with Crippen LogP contribution in [-0.4, -0.2) is 30.3 Å². The van der Waals surface area contributed by atoms with Crippen LogP contribution in [0.25, 0.3) is 11.1 Å². The van der Waals surface area contributed by atoms with Gasteiger partial charge < -0.3 is 15.6 Å². The van der Waals surface area contributed by atoms with Gasteiger partial charge in [0.2, 0.25) is 0 Å². The molecule has 4 unspecified atom stereocenters. The Balaban J connectivity index is 1.54. The Labute approximate surface area is 148 Å². The van der Waals surface area contributed by atoms with Crippen LogP contribution in [0.5, 0.6) is 0 Å². The number of hydrogen-bond donors (Lipinski definition) is 1. The number of nitrogens with zero attached hydrogens (tertiary/aromatic N) is 1. The minimum Gasteiger partial charge on any atom is -0.633 e. The van der Waals surface area contributed by atoms with Crippen molar-refractivity contribution in [3.8, 4) is 11.1 Å². The smallest absolute Gasteiger partial charge is 0.0940 e. The van der Waals surface area contributed by atoms with Crippen molar-refractivity contribution in [3.05, 3.63) is 64.3 Å². The zero-order valence-corrected chi connectivity index (χ0v) is 14.5. The molecule has 1 aliphatic heterocycles. The van der Waals surface area contributed by atoms with Crippen LogP contribution in [0.2, 0.25) is 5.02 Å². The van der Waals surface area contributed by atoms with Gasteiger partial charge in [-0.05, 0) is 41.2 Å². The summed E-state index contributed by atoms with van der Waals surface area (Å²) in [7, 11) is 0. The van der Waals surface area contributed by atoms with E-state index in [1.165, 1.54) is 11.1 Å². The van der Waals surface area contributed by atoms with E-state index in [0.717, 1.165) is 23.4 Å². The maximum absolute atomic E-state index is 12.8. The average molecular weight is 343 g/mol. The molecular weight excluding hydrogens is 320 g/mol. The highest BCUT2D eigenvalue weighted by Crippen LogP contribution is 2.51. The zero-order valence-electron chi connectivity index (χ0n) is 13.7. The van der Waals surface area contributed by atoms with Crippen LogP contribution in [0.4, 0.5) is 0 Å². The molecule has 2 fully saturated rings. The van der Waals surface area contributed by atoms with Crippen LogP contribution in [0.1, 0.15) is 24.3 Å². The minimum absolute atomic E-state index is 0.0819. The quantitative estimate of drug-likeness (QED) is 0.670. The predicted molar refractivity (Wildman–Crippen MR) is 98.6 cm³/mol. The molecule has 126 valence electrons. The highest BCUT2D eigenvalue weighted by Gasteiger charge is 2.45. The fourth-order valence-corrected chi connectivity index (χ4v) is 4.36. The van der Waals surface area contributed by atoms with Gasteiger partial charge in [-0.2, -0.15) is 0 Å². The Morgan fingerprint density at radius 1 is 1.17 bits per heavy atom. The molecule has 4 rings (SSSR count). The lowest BCUT2D eigenvalue weighted by Gasteiger charge is -2.39. The Kier molecular flexibility index (Phi) is 4.13. The summed E-state index contributed by atoms with van der Waals surface area (Å²) in [6.45, 7) is 1.97. The number of rotatable bonds is 4. The van der Waals surface area contributed by atoms with Crippen molar-refractivity contribution in [1.82, 2.24) is 0 Å². The minimum atomic E-state index is -0.0956. The second-order valence-corrected chi connectivity index (χ2v) is 7.83. The van der Waals surface area contributed by atoms with Crippen LogP contribution in [0.3, 0.4) is 0 Å². The van der Waals surface area contributed by atoms with Crippen molar-refractivity contribution >= 4 is 11.6 Å². The average Bonchev–Trinajstić information content (AvgIpc) is 3.23. The van der Waals surface area contributed by atoms with E-state index in [-0.39, 0.29) is 10.7 Å². The molecule has 1 heterocycles. The lowest BCUT2D eigenvalue weighted by Crippen LogP contribution is -2.43. The fourth-order valence-electron chi connectivity index (χ4n) is 4.17. The molecule has 0 bridgehead atoms. The molecule has 1 saturated heterocycles. The van der Waals surface area contributed by atoms with Crippen LogP contribution in [-0.2, 0) is 0 Å². The molecule has 2 aliphatic rings. The highest BCUT2D eigenvalue weighted by atomic mass is 35.5. The van der Waals surface area contributed by atoms with Crippen molar-refractivity contribution in [2.24, 2.45) is 11.7 Å². The van der Waals surface area contributed by atoms with Crippen LogP contribution < -0.4 is 5.73 Å². The zero-order chi connectivity index (χ0) is 16.7. The van der Waals surface area contributed by atoms with Gasteiger partial charge in [-0.1, -0.05) is 48.0 Å². The van der Waals surface area contributed by atoms with E-state index in [4.69, 9.17) is 17.3 Å². The number of hydrogen-bond acceptors (Lipinski definition) is 2. The number of benzene rings is 2. The van der Waals surface area contributed by atoms with E-state index in [1.807, 2.05) is 18.2 Å². The van der Waals surface area contributed by atoms with Crippen LogP contribution >= 0.6 is 11.6 Å². The number of quaternary nitrogens is 1. The van der Waals surface area contributed by atoms with Gasteiger partial charge in [-0.3, -0.25) is 0 Å². The normalized spacial score (nSPS) is 32.0. The topological polar surface area (TPSA) is 49.1 Å². The Bertz CT molecular complexity index is 750.